The Morgan fingerprint density at radius 3 is 2.24 bits per heavy atom. The largest absolute Gasteiger partial charge is 0.421 e. The van der Waals surface area contributed by atoms with E-state index in [1.54, 1.807) is 19.9 Å². The number of hydrogen-bond acceptors (Lipinski definition) is 6. The first-order chi connectivity index (χ1) is 15.8. The number of hydrogen-bond donors (Lipinski definition) is 0. The molecule has 0 unspecified atom stereocenters. The average molecular weight is 465 g/mol. The lowest BCUT2D eigenvalue weighted by Crippen LogP contribution is -2.30. The maximum Gasteiger partial charge on any atom is 0.343 e. The summed E-state index contributed by atoms with van der Waals surface area (Å²) in [4.78, 5) is 14.4. The molecule has 1 aromatic heterocycles. The molecule has 4 aromatic rings. The zero-order valence-electron chi connectivity index (χ0n) is 18.6. The first-order valence-corrected chi connectivity index (χ1v) is 12.0. The lowest BCUT2D eigenvalue weighted by atomic mass is 10.2. The molecule has 0 saturated carbocycles. The van der Waals surface area contributed by atoms with Crippen molar-refractivity contribution in [1.29, 1.82) is 0 Å². The van der Waals surface area contributed by atoms with Gasteiger partial charge in [0, 0.05) is 13.1 Å². The lowest BCUT2D eigenvalue weighted by Gasteiger charge is -2.18. The van der Waals surface area contributed by atoms with Crippen molar-refractivity contribution < 1.29 is 17.9 Å². The lowest BCUT2D eigenvalue weighted by molar-refractivity contribution is 0.0734. The van der Waals surface area contributed by atoms with E-state index in [1.807, 2.05) is 43.3 Å². The minimum absolute atomic E-state index is 0.0461. The van der Waals surface area contributed by atoms with Gasteiger partial charge in [0.25, 0.3) is 0 Å². The van der Waals surface area contributed by atoms with Crippen LogP contribution in [0.3, 0.4) is 0 Å². The molecule has 0 aliphatic carbocycles. The van der Waals surface area contributed by atoms with Gasteiger partial charge in [0.15, 0.2) is 5.75 Å². The van der Waals surface area contributed by atoms with Gasteiger partial charge in [-0.15, -0.1) is 15.0 Å². The monoisotopic (exact) mass is 464 g/mol. The third kappa shape index (κ3) is 4.50. The van der Waals surface area contributed by atoms with Crippen molar-refractivity contribution in [3.8, 4) is 11.4 Å². The molecule has 0 radical (unpaired) electrons. The van der Waals surface area contributed by atoms with E-state index >= 15 is 0 Å². The van der Waals surface area contributed by atoms with Crippen LogP contribution in [0.4, 0.5) is 0 Å². The fraction of sp³-hybridized carbons (Fsp3) is 0.208. The topological polar surface area (TPSA) is 94.4 Å². The van der Waals surface area contributed by atoms with E-state index in [0.29, 0.717) is 29.8 Å². The van der Waals surface area contributed by atoms with Crippen LogP contribution in [-0.2, 0) is 10.0 Å². The van der Waals surface area contributed by atoms with E-state index < -0.39 is 16.0 Å². The highest BCUT2D eigenvalue weighted by molar-refractivity contribution is 7.89. The highest BCUT2D eigenvalue weighted by Crippen LogP contribution is 2.26. The Labute approximate surface area is 192 Å². The van der Waals surface area contributed by atoms with Crippen molar-refractivity contribution in [3.63, 3.8) is 0 Å². The van der Waals surface area contributed by atoms with E-state index in [4.69, 9.17) is 4.74 Å². The minimum atomic E-state index is -3.70. The quantitative estimate of drug-likeness (QED) is 0.303. The second-order valence-electron chi connectivity index (χ2n) is 7.46. The van der Waals surface area contributed by atoms with Gasteiger partial charge in [0.05, 0.1) is 10.5 Å². The van der Waals surface area contributed by atoms with Crippen LogP contribution in [0.25, 0.3) is 16.7 Å². The standard InChI is InChI=1S/C24H24N4O4S/c1-4-27(5-2)33(30,31)19-10-8-9-18(16-19)24(29)32-23-14-13-17(3)15-22(23)28-25-20-11-6-7-12-21(20)26-28/h6-16H,4-5H2,1-3H3. The van der Waals surface area contributed by atoms with Gasteiger partial charge in [0.2, 0.25) is 10.0 Å². The highest BCUT2D eigenvalue weighted by atomic mass is 32.2. The number of benzene rings is 3. The van der Waals surface area contributed by atoms with Gasteiger partial charge < -0.3 is 4.74 Å². The number of rotatable bonds is 7. The molecule has 0 aliphatic rings. The molecule has 170 valence electrons. The Balaban J connectivity index is 1.68. The molecule has 33 heavy (non-hydrogen) atoms. The van der Waals surface area contributed by atoms with Crippen LogP contribution in [-0.4, -0.2) is 46.8 Å². The molecule has 0 atom stereocenters. The minimum Gasteiger partial charge on any atom is -0.421 e. The fourth-order valence-electron chi connectivity index (χ4n) is 3.49. The van der Waals surface area contributed by atoms with Gasteiger partial charge in [0.1, 0.15) is 16.7 Å². The van der Waals surface area contributed by atoms with Gasteiger partial charge in [-0.1, -0.05) is 38.1 Å². The van der Waals surface area contributed by atoms with Crippen LogP contribution in [0, 0.1) is 6.92 Å². The van der Waals surface area contributed by atoms with Crippen molar-refractivity contribution in [1.82, 2.24) is 19.3 Å². The number of aryl methyl sites for hydroxylation is 1. The third-order valence-corrected chi connectivity index (χ3v) is 7.28. The number of fused-ring (bicyclic) bond motifs is 1. The van der Waals surface area contributed by atoms with Crippen LogP contribution in [0.15, 0.2) is 71.6 Å². The number of carbonyl (C=O) groups is 1. The Hall–Kier alpha value is -3.56. The van der Waals surface area contributed by atoms with Crippen LogP contribution < -0.4 is 4.74 Å². The van der Waals surface area contributed by atoms with E-state index in [0.717, 1.165) is 5.56 Å². The van der Waals surface area contributed by atoms with Crippen LogP contribution >= 0.6 is 0 Å². The number of aromatic nitrogens is 3. The van der Waals surface area contributed by atoms with Crippen molar-refractivity contribution in [3.05, 3.63) is 77.9 Å². The second-order valence-corrected chi connectivity index (χ2v) is 9.39. The Kier molecular flexibility index (Phi) is 6.26. The smallest absolute Gasteiger partial charge is 0.343 e. The summed E-state index contributed by atoms with van der Waals surface area (Å²) in [5, 5.41) is 8.96. The summed E-state index contributed by atoms with van der Waals surface area (Å²) in [5.41, 5.74) is 3.01. The van der Waals surface area contributed by atoms with Gasteiger partial charge in [-0.2, -0.15) is 4.31 Å². The van der Waals surface area contributed by atoms with Crippen LogP contribution in [0.5, 0.6) is 5.75 Å². The Bertz CT molecular complexity index is 1390. The molecule has 0 fully saturated rings. The Morgan fingerprint density at radius 2 is 1.61 bits per heavy atom. The van der Waals surface area contributed by atoms with Crippen LogP contribution in [0.1, 0.15) is 29.8 Å². The molecule has 9 heteroatoms. The summed E-state index contributed by atoms with van der Waals surface area (Å²) in [7, 11) is -3.70. The average Bonchev–Trinajstić information content (AvgIpc) is 3.25. The first-order valence-electron chi connectivity index (χ1n) is 10.6. The van der Waals surface area contributed by atoms with Crippen molar-refractivity contribution in [2.24, 2.45) is 0 Å². The molecule has 0 spiro atoms. The third-order valence-electron chi connectivity index (χ3n) is 5.23. The molecule has 1 heterocycles. The summed E-state index contributed by atoms with van der Waals surface area (Å²) in [5.74, 6) is -0.406. The molecular formula is C24H24N4O4S. The number of ether oxygens (including phenoxy) is 1. The first kappa shape index (κ1) is 22.6. The predicted octanol–water partition coefficient (Wildman–Crippen LogP) is 3.98. The molecular weight excluding hydrogens is 440 g/mol. The van der Waals surface area contributed by atoms with Gasteiger partial charge in [-0.3, -0.25) is 0 Å². The SMILES string of the molecule is CCN(CC)S(=O)(=O)c1cccc(C(=O)Oc2ccc(C)cc2-n2nc3ccccc3n2)c1. The van der Waals surface area contributed by atoms with Gasteiger partial charge in [-0.25, -0.2) is 13.2 Å². The van der Waals surface area contributed by atoms with Gasteiger partial charge >= 0.3 is 5.97 Å². The number of sulfonamides is 1. The zero-order chi connectivity index (χ0) is 23.6. The molecule has 0 saturated heterocycles. The van der Waals surface area contributed by atoms with Crippen molar-refractivity contribution in [2.75, 3.05) is 13.1 Å². The second kappa shape index (κ2) is 9.13. The summed E-state index contributed by atoms with van der Waals surface area (Å²) in [6, 6.07) is 18.6. The van der Waals surface area contributed by atoms with Crippen molar-refractivity contribution >= 4 is 27.0 Å². The fourth-order valence-corrected chi connectivity index (χ4v) is 5.00. The molecule has 0 amide bonds. The number of nitrogens with zero attached hydrogens (tertiary/aromatic N) is 4. The van der Waals surface area contributed by atoms with Crippen molar-refractivity contribution in [2.45, 2.75) is 25.7 Å². The highest BCUT2D eigenvalue weighted by Gasteiger charge is 2.23. The maximum absolute atomic E-state index is 13.0. The molecule has 0 aliphatic heterocycles. The predicted molar refractivity (Wildman–Crippen MR) is 125 cm³/mol. The van der Waals surface area contributed by atoms with E-state index in [-0.39, 0.29) is 16.2 Å². The van der Waals surface area contributed by atoms with E-state index in [1.165, 1.54) is 33.4 Å². The summed E-state index contributed by atoms with van der Waals surface area (Å²) in [6.07, 6.45) is 0. The molecule has 4 rings (SSSR count). The molecule has 8 nitrogen and oxygen atoms in total. The summed E-state index contributed by atoms with van der Waals surface area (Å²) < 4.78 is 32.7. The van der Waals surface area contributed by atoms with Crippen LogP contribution in [0.2, 0.25) is 0 Å². The summed E-state index contributed by atoms with van der Waals surface area (Å²) >= 11 is 0. The summed E-state index contributed by atoms with van der Waals surface area (Å²) in [6.45, 7) is 6.13. The number of esters is 1. The Morgan fingerprint density at radius 1 is 0.939 bits per heavy atom. The van der Waals surface area contributed by atoms with E-state index in [9.17, 15) is 13.2 Å². The molecule has 0 bridgehead atoms. The normalized spacial score (nSPS) is 11.8. The zero-order valence-corrected chi connectivity index (χ0v) is 19.4. The number of carbonyl (C=O) groups excluding carboxylic acids is 1. The molecule has 3 aromatic carbocycles. The maximum atomic E-state index is 13.0. The molecule has 0 N–H and O–H groups in total. The van der Waals surface area contributed by atoms with E-state index in [2.05, 4.69) is 10.2 Å². The van der Waals surface area contributed by atoms with Gasteiger partial charge in [-0.05, 0) is 55.0 Å².